The Balaban J connectivity index is 1.64. The van der Waals surface area contributed by atoms with Crippen LogP contribution in [0.5, 0.6) is 17.2 Å². The molecule has 0 bridgehead atoms. The van der Waals surface area contributed by atoms with Crippen molar-refractivity contribution in [3.8, 4) is 17.2 Å². The summed E-state index contributed by atoms with van der Waals surface area (Å²) in [5.41, 5.74) is 0.368. The van der Waals surface area contributed by atoms with Crippen molar-refractivity contribution in [3.05, 3.63) is 58.4 Å². The Kier molecular flexibility index (Phi) is 7.24. The van der Waals surface area contributed by atoms with Crippen molar-refractivity contribution in [2.45, 2.75) is 19.9 Å². The number of ether oxygens (including phenoxy) is 3. The zero-order valence-corrected chi connectivity index (χ0v) is 17.5. The largest absolute Gasteiger partial charge is 0.493 e. The lowest BCUT2D eigenvalue weighted by Crippen LogP contribution is -3.10. The number of aromatic nitrogens is 2. The van der Waals surface area contributed by atoms with Crippen molar-refractivity contribution < 1.29 is 23.5 Å². The molecule has 1 aromatic heterocycles. The van der Waals surface area contributed by atoms with Crippen LogP contribution in [-0.4, -0.2) is 43.9 Å². The fourth-order valence-electron chi connectivity index (χ4n) is 3.27. The van der Waals surface area contributed by atoms with Gasteiger partial charge < -0.3 is 24.1 Å². The maximum absolute atomic E-state index is 12.9. The summed E-state index contributed by atoms with van der Waals surface area (Å²) in [7, 11) is 3.08. The SMILES string of the molecule is CC[NH+](CCCOc1ccc(F)cc1)Cc1nc2cc(OC)c(OC)cc2c(=O)[nH]1. The molecule has 8 heteroatoms. The van der Waals surface area contributed by atoms with Crippen molar-refractivity contribution in [1.29, 1.82) is 0 Å². The third-order valence-corrected chi connectivity index (χ3v) is 4.93. The second kappa shape index (κ2) is 10.1. The molecule has 0 amide bonds. The van der Waals surface area contributed by atoms with E-state index < -0.39 is 0 Å². The van der Waals surface area contributed by atoms with Gasteiger partial charge in [-0.25, -0.2) is 9.37 Å². The quantitative estimate of drug-likeness (QED) is 0.494. The molecule has 2 aromatic carbocycles. The van der Waals surface area contributed by atoms with Gasteiger partial charge in [0.05, 0.1) is 44.8 Å². The topological polar surface area (TPSA) is 77.9 Å². The lowest BCUT2D eigenvalue weighted by Gasteiger charge is -2.17. The predicted molar refractivity (Wildman–Crippen MR) is 112 cm³/mol. The van der Waals surface area contributed by atoms with E-state index >= 15 is 0 Å². The molecule has 0 saturated heterocycles. The standard InChI is InChI=1S/C22H26FN3O4/c1-4-26(10-5-11-30-16-8-6-15(23)7-9-16)14-21-24-18-13-20(29-3)19(28-2)12-17(18)22(27)25-21/h6-9,12-13H,4-5,10-11,14H2,1-3H3,(H,24,25,27)/p+1. The zero-order valence-electron chi connectivity index (χ0n) is 17.5. The maximum Gasteiger partial charge on any atom is 0.259 e. The molecule has 0 aliphatic carbocycles. The van der Waals surface area contributed by atoms with Gasteiger partial charge in [-0.1, -0.05) is 0 Å². The van der Waals surface area contributed by atoms with Crippen LogP contribution in [0.4, 0.5) is 4.39 Å². The van der Waals surface area contributed by atoms with E-state index in [1.54, 1.807) is 31.4 Å². The Morgan fingerprint density at radius 3 is 2.47 bits per heavy atom. The number of hydrogen-bond donors (Lipinski definition) is 2. The summed E-state index contributed by atoms with van der Waals surface area (Å²) in [4.78, 5) is 21.3. The third-order valence-electron chi connectivity index (χ3n) is 4.93. The average Bonchev–Trinajstić information content (AvgIpc) is 2.76. The van der Waals surface area contributed by atoms with Gasteiger partial charge in [-0.05, 0) is 37.3 Å². The van der Waals surface area contributed by atoms with Gasteiger partial charge in [0.2, 0.25) is 0 Å². The molecule has 3 aromatic rings. The molecule has 0 saturated carbocycles. The number of H-pyrrole nitrogens is 1. The van der Waals surface area contributed by atoms with Gasteiger partial charge in [-0.3, -0.25) is 4.79 Å². The van der Waals surface area contributed by atoms with E-state index in [4.69, 9.17) is 14.2 Å². The number of methoxy groups -OCH3 is 2. The molecule has 3 rings (SSSR count). The molecule has 0 aliphatic heterocycles. The van der Waals surface area contributed by atoms with Crippen LogP contribution in [0.25, 0.3) is 10.9 Å². The number of nitrogens with zero attached hydrogens (tertiary/aromatic N) is 1. The number of fused-ring (bicyclic) bond motifs is 1. The highest BCUT2D eigenvalue weighted by Gasteiger charge is 2.14. The monoisotopic (exact) mass is 416 g/mol. The lowest BCUT2D eigenvalue weighted by molar-refractivity contribution is -0.912. The van der Waals surface area contributed by atoms with Crippen molar-refractivity contribution in [2.75, 3.05) is 33.9 Å². The number of benzene rings is 2. The third kappa shape index (κ3) is 5.27. The minimum atomic E-state index is -0.281. The summed E-state index contributed by atoms with van der Waals surface area (Å²) < 4.78 is 29.2. The van der Waals surface area contributed by atoms with E-state index in [-0.39, 0.29) is 11.4 Å². The van der Waals surface area contributed by atoms with Crippen LogP contribution < -0.4 is 24.7 Å². The maximum atomic E-state index is 12.9. The minimum Gasteiger partial charge on any atom is -0.493 e. The smallest absolute Gasteiger partial charge is 0.259 e. The molecule has 0 radical (unpaired) electrons. The summed E-state index contributed by atoms with van der Waals surface area (Å²) >= 11 is 0. The van der Waals surface area contributed by atoms with Crippen molar-refractivity contribution in [3.63, 3.8) is 0 Å². The number of nitrogens with one attached hydrogen (secondary N) is 2. The Morgan fingerprint density at radius 1 is 1.10 bits per heavy atom. The van der Waals surface area contributed by atoms with Crippen molar-refractivity contribution in [2.24, 2.45) is 0 Å². The predicted octanol–water partition coefficient (Wildman–Crippen LogP) is 1.95. The fraction of sp³-hybridized carbons (Fsp3) is 0.364. The van der Waals surface area contributed by atoms with E-state index in [0.29, 0.717) is 47.1 Å². The summed E-state index contributed by atoms with van der Waals surface area (Å²) in [6.45, 7) is 4.94. The van der Waals surface area contributed by atoms with E-state index in [2.05, 4.69) is 16.9 Å². The van der Waals surface area contributed by atoms with Crippen LogP contribution in [0.2, 0.25) is 0 Å². The highest BCUT2D eigenvalue weighted by molar-refractivity contribution is 5.81. The van der Waals surface area contributed by atoms with Gasteiger partial charge >= 0.3 is 0 Å². The first-order valence-electron chi connectivity index (χ1n) is 9.91. The highest BCUT2D eigenvalue weighted by atomic mass is 19.1. The van der Waals surface area contributed by atoms with Gasteiger partial charge in [0, 0.05) is 12.5 Å². The summed E-state index contributed by atoms with van der Waals surface area (Å²) in [6, 6.07) is 9.35. The average molecular weight is 416 g/mol. The normalized spacial score (nSPS) is 12.0. The summed E-state index contributed by atoms with van der Waals surface area (Å²) in [6.07, 6.45) is 0.823. The van der Waals surface area contributed by atoms with Crippen LogP contribution in [0.15, 0.2) is 41.2 Å². The first-order chi connectivity index (χ1) is 14.5. The first-order valence-corrected chi connectivity index (χ1v) is 9.91. The molecule has 1 unspecified atom stereocenters. The molecular formula is C22H27FN3O4+. The van der Waals surface area contributed by atoms with E-state index in [1.807, 2.05) is 0 Å². The van der Waals surface area contributed by atoms with Crippen LogP contribution in [0.1, 0.15) is 19.2 Å². The van der Waals surface area contributed by atoms with Gasteiger partial charge in [0.25, 0.3) is 5.56 Å². The second-order valence-electron chi connectivity index (χ2n) is 6.92. The summed E-state index contributed by atoms with van der Waals surface area (Å²) in [5.74, 6) is 2.02. The van der Waals surface area contributed by atoms with Crippen LogP contribution >= 0.6 is 0 Å². The molecule has 2 N–H and O–H groups in total. The highest BCUT2D eigenvalue weighted by Crippen LogP contribution is 2.29. The van der Waals surface area contributed by atoms with Gasteiger partial charge in [-0.15, -0.1) is 0 Å². The number of quaternary nitrogens is 1. The lowest BCUT2D eigenvalue weighted by atomic mass is 10.2. The number of aromatic amines is 1. The van der Waals surface area contributed by atoms with E-state index in [9.17, 15) is 9.18 Å². The Labute approximate surface area is 174 Å². The van der Waals surface area contributed by atoms with E-state index in [0.717, 1.165) is 19.5 Å². The Bertz CT molecular complexity index is 1040. The Hall–Kier alpha value is -3.13. The second-order valence-corrected chi connectivity index (χ2v) is 6.92. The van der Waals surface area contributed by atoms with Crippen molar-refractivity contribution in [1.82, 2.24) is 9.97 Å². The van der Waals surface area contributed by atoms with Gasteiger partial charge in [-0.2, -0.15) is 0 Å². The number of hydrogen-bond acceptors (Lipinski definition) is 5. The molecular weight excluding hydrogens is 389 g/mol. The Morgan fingerprint density at radius 2 is 1.80 bits per heavy atom. The number of halogens is 1. The molecule has 1 atom stereocenters. The van der Waals surface area contributed by atoms with Crippen LogP contribution in [0.3, 0.4) is 0 Å². The molecule has 160 valence electrons. The van der Waals surface area contributed by atoms with Crippen LogP contribution in [0, 0.1) is 5.82 Å². The number of rotatable bonds is 10. The van der Waals surface area contributed by atoms with Gasteiger partial charge in [0.1, 0.15) is 18.1 Å². The van der Waals surface area contributed by atoms with Crippen LogP contribution in [-0.2, 0) is 6.54 Å². The molecule has 7 nitrogen and oxygen atoms in total. The first kappa shape index (κ1) is 21.6. The molecule has 0 fully saturated rings. The molecule has 0 spiro atoms. The molecule has 1 heterocycles. The molecule has 30 heavy (non-hydrogen) atoms. The van der Waals surface area contributed by atoms with Gasteiger partial charge in [0.15, 0.2) is 17.3 Å². The minimum absolute atomic E-state index is 0.203. The van der Waals surface area contributed by atoms with Crippen molar-refractivity contribution >= 4 is 10.9 Å². The summed E-state index contributed by atoms with van der Waals surface area (Å²) in [5, 5.41) is 0.460. The zero-order chi connectivity index (χ0) is 21.5. The fourth-order valence-corrected chi connectivity index (χ4v) is 3.27. The molecule has 0 aliphatic rings. The van der Waals surface area contributed by atoms with E-state index in [1.165, 1.54) is 24.1 Å².